The Kier molecular flexibility index (Phi) is 8.58. The molecule has 2 aliphatic rings. The maximum Gasteiger partial charge on any atom is 0.327 e. The van der Waals surface area contributed by atoms with Crippen molar-refractivity contribution in [2.45, 2.75) is 43.0 Å². The summed E-state index contributed by atoms with van der Waals surface area (Å²) in [5, 5.41) is 16.3. The molecule has 0 spiro atoms. The van der Waals surface area contributed by atoms with Crippen LogP contribution >= 0.6 is 35.0 Å². The van der Waals surface area contributed by atoms with E-state index in [0.717, 1.165) is 0 Å². The van der Waals surface area contributed by atoms with E-state index in [0.29, 0.717) is 15.6 Å². The maximum atomic E-state index is 13.1. The lowest BCUT2D eigenvalue weighted by atomic mass is 9.95. The number of halogens is 2. The minimum atomic E-state index is -1.07. The first-order valence-electron chi connectivity index (χ1n) is 8.99. The number of aromatic nitrogens is 1. The summed E-state index contributed by atoms with van der Waals surface area (Å²) in [4.78, 5) is 38.7. The van der Waals surface area contributed by atoms with Crippen molar-refractivity contribution >= 4 is 52.7 Å². The van der Waals surface area contributed by atoms with Crippen LogP contribution in [0, 0.1) is 6.92 Å². The molecule has 33 heavy (non-hydrogen) atoms. The van der Waals surface area contributed by atoms with Crippen molar-refractivity contribution < 1.29 is 40.4 Å². The summed E-state index contributed by atoms with van der Waals surface area (Å²) in [6.07, 6.45) is 0. The van der Waals surface area contributed by atoms with Crippen LogP contribution < -0.4 is 5.32 Å². The van der Waals surface area contributed by atoms with E-state index in [1.165, 1.54) is 16.7 Å². The Morgan fingerprint density at radius 1 is 1.21 bits per heavy atom. The van der Waals surface area contributed by atoms with Crippen LogP contribution in [0.25, 0.3) is 11.3 Å². The molecule has 2 fully saturated rings. The van der Waals surface area contributed by atoms with Crippen LogP contribution in [-0.4, -0.2) is 71.6 Å². The molecular weight excluding hydrogens is 501 g/mol. The van der Waals surface area contributed by atoms with Gasteiger partial charge in [0.25, 0.3) is 5.91 Å². The van der Waals surface area contributed by atoms with Gasteiger partial charge >= 0.3 is 5.97 Å². The Bertz CT molecular complexity index is 1070. The SMILES string of the molecule is Cc1onc(-c2c(Cl)cccc2Cl)c1C(=O)N[C@@H]1C(=O)N2[C@@H]1SC(C)(C)[C@@H]2C(=O)O.O.O.O. The minimum Gasteiger partial charge on any atom is -0.480 e. The molecule has 2 saturated heterocycles. The summed E-state index contributed by atoms with van der Waals surface area (Å²) in [5.74, 6) is -1.84. The maximum absolute atomic E-state index is 13.1. The highest BCUT2D eigenvalue weighted by molar-refractivity contribution is 8.01. The molecular formula is C19H23Cl2N3O8S. The molecule has 2 aromatic rings. The van der Waals surface area contributed by atoms with Gasteiger partial charge in [0.05, 0.1) is 10.0 Å². The highest BCUT2D eigenvalue weighted by Gasteiger charge is 2.64. The molecule has 0 aliphatic carbocycles. The van der Waals surface area contributed by atoms with Gasteiger partial charge in [-0.1, -0.05) is 34.4 Å². The summed E-state index contributed by atoms with van der Waals surface area (Å²) in [5.41, 5.74) is 0.645. The zero-order valence-electron chi connectivity index (χ0n) is 17.6. The van der Waals surface area contributed by atoms with E-state index in [1.54, 1.807) is 39.0 Å². The Morgan fingerprint density at radius 3 is 2.33 bits per heavy atom. The molecule has 0 unspecified atom stereocenters. The van der Waals surface area contributed by atoms with Crippen LogP contribution in [0.15, 0.2) is 22.7 Å². The number of nitrogens with zero attached hydrogens (tertiary/aromatic N) is 2. The van der Waals surface area contributed by atoms with Crippen LogP contribution in [0.4, 0.5) is 0 Å². The van der Waals surface area contributed by atoms with Gasteiger partial charge < -0.3 is 36.3 Å². The topological polar surface area (TPSA) is 207 Å². The average Bonchev–Trinajstić information content (AvgIpc) is 3.14. The van der Waals surface area contributed by atoms with E-state index in [4.69, 9.17) is 27.7 Å². The number of benzene rings is 1. The predicted octanol–water partition coefficient (Wildman–Crippen LogP) is 0.728. The number of aliphatic carboxylic acids is 1. The fraction of sp³-hybridized carbons (Fsp3) is 0.368. The number of hydrogen-bond acceptors (Lipinski definition) is 6. The molecule has 14 heteroatoms. The lowest BCUT2D eigenvalue weighted by molar-refractivity contribution is -0.159. The molecule has 4 rings (SSSR count). The highest BCUT2D eigenvalue weighted by atomic mass is 35.5. The molecule has 3 atom stereocenters. The molecule has 182 valence electrons. The van der Waals surface area contributed by atoms with Gasteiger partial charge in [-0.2, -0.15) is 0 Å². The van der Waals surface area contributed by atoms with Gasteiger partial charge in [-0.3, -0.25) is 9.59 Å². The second-order valence-electron chi connectivity index (χ2n) is 7.61. The summed E-state index contributed by atoms with van der Waals surface area (Å²) < 4.78 is 4.52. The van der Waals surface area contributed by atoms with E-state index in [2.05, 4.69) is 10.5 Å². The van der Waals surface area contributed by atoms with E-state index < -0.39 is 40.0 Å². The van der Waals surface area contributed by atoms with Crippen LogP contribution in [0.1, 0.15) is 30.0 Å². The Hall–Kier alpha value is -2.35. The van der Waals surface area contributed by atoms with E-state index in [1.807, 2.05) is 0 Å². The number of thioether (sulfide) groups is 1. The fourth-order valence-electron chi connectivity index (χ4n) is 3.89. The molecule has 8 N–H and O–H groups in total. The van der Waals surface area contributed by atoms with Gasteiger partial charge in [-0.05, 0) is 32.9 Å². The number of hydrogen-bond donors (Lipinski definition) is 2. The Labute approximate surface area is 202 Å². The van der Waals surface area contributed by atoms with E-state index >= 15 is 0 Å². The summed E-state index contributed by atoms with van der Waals surface area (Å²) in [7, 11) is 0. The van der Waals surface area contributed by atoms with Crippen LogP contribution in [0.5, 0.6) is 0 Å². The lowest BCUT2D eigenvalue weighted by Gasteiger charge is -2.43. The number of fused-ring (bicyclic) bond motifs is 1. The van der Waals surface area contributed by atoms with Gasteiger partial charge in [0.15, 0.2) is 0 Å². The zero-order chi connectivity index (χ0) is 22.0. The van der Waals surface area contributed by atoms with Gasteiger partial charge in [0.1, 0.15) is 34.5 Å². The summed E-state index contributed by atoms with van der Waals surface area (Å²) in [6.45, 7) is 5.10. The number of rotatable bonds is 4. The van der Waals surface area contributed by atoms with E-state index in [-0.39, 0.29) is 33.4 Å². The standard InChI is InChI=1S/C19H17Cl2N3O5S.3H2O/c1-7-10(12(23-29-7)11-8(20)5-4-6-9(11)21)15(25)22-13-16(26)24-14(18(27)28)19(2,3)30-17(13)24;;;/h4-6,13-14,17H,1-3H3,(H,22,25)(H,27,28);3*1H2/t13-,14+,17-;;;/m1.../s1. The molecule has 11 nitrogen and oxygen atoms in total. The minimum absolute atomic E-state index is 0. The predicted molar refractivity (Wildman–Crippen MR) is 123 cm³/mol. The molecule has 1 aromatic heterocycles. The van der Waals surface area contributed by atoms with Crippen LogP contribution in [-0.2, 0) is 9.59 Å². The first-order valence-corrected chi connectivity index (χ1v) is 10.6. The normalized spacial score (nSPS) is 22.2. The molecule has 2 amide bonds. The lowest BCUT2D eigenvalue weighted by Crippen LogP contribution is -2.70. The first-order chi connectivity index (χ1) is 14.0. The van der Waals surface area contributed by atoms with Crippen LogP contribution in [0.3, 0.4) is 0 Å². The fourth-order valence-corrected chi connectivity index (χ4v) is 6.09. The van der Waals surface area contributed by atoms with Crippen molar-refractivity contribution in [3.8, 4) is 11.3 Å². The number of carboxylic acid groups (broad SMARTS) is 1. The van der Waals surface area contributed by atoms with Gasteiger partial charge in [0.2, 0.25) is 5.91 Å². The number of carbonyl (C=O) groups is 3. The number of nitrogens with one attached hydrogen (secondary N) is 1. The smallest absolute Gasteiger partial charge is 0.327 e. The van der Waals surface area contributed by atoms with Crippen molar-refractivity contribution in [3.05, 3.63) is 39.6 Å². The Balaban J connectivity index is 0.00000181. The molecule has 0 radical (unpaired) electrons. The van der Waals surface area contributed by atoms with E-state index in [9.17, 15) is 19.5 Å². The van der Waals surface area contributed by atoms with Crippen molar-refractivity contribution in [2.24, 2.45) is 0 Å². The van der Waals surface area contributed by atoms with Crippen molar-refractivity contribution in [1.29, 1.82) is 0 Å². The number of amides is 2. The third kappa shape index (κ3) is 4.42. The van der Waals surface area contributed by atoms with Crippen molar-refractivity contribution in [1.82, 2.24) is 15.4 Å². The summed E-state index contributed by atoms with van der Waals surface area (Å²) in [6, 6.07) is 3.09. The monoisotopic (exact) mass is 523 g/mol. The second-order valence-corrected chi connectivity index (χ2v) is 10.2. The summed E-state index contributed by atoms with van der Waals surface area (Å²) >= 11 is 13.8. The van der Waals surface area contributed by atoms with Gasteiger partial charge in [-0.25, -0.2) is 4.79 Å². The van der Waals surface area contributed by atoms with Gasteiger partial charge in [-0.15, -0.1) is 11.8 Å². The molecule has 2 aliphatic heterocycles. The number of β-lactam (4-membered cyclic amide) rings is 1. The highest BCUT2D eigenvalue weighted by Crippen LogP contribution is 2.51. The molecule has 0 bridgehead atoms. The number of carbonyl (C=O) groups excluding carboxylic acids is 2. The largest absolute Gasteiger partial charge is 0.480 e. The molecule has 1 aromatic carbocycles. The third-order valence-electron chi connectivity index (χ3n) is 5.25. The second kappa shape index (κ2) is 9.87. The quantitative estimate of drug-likeness (QED) is 0.547. The third-order valence-corrected chi connectivity index (χ3v) is 7.45. The van der Waals surface area contributed by atoms with Gasteiger partial charge in [0, 0.05) is 10.3 Å². The average molecular weight is 524 g/mol. The van der Waals surface area contributed by atoms with Crippen molar-refractivity contribution in [3.63, 3.8) is 0 Å². The van der Waals surface area contributed by atoms with Crippen molar-refractivity contribution in [2.75, 3.05) is 0 Å². The zero-order valence-corrected chi connectivity index (χ0v) is 19.9. The molecule has 0 saturated carbocycles. The Morgan fingerprint density at radius 2 is 1.79 bits per heavy atom. The number of carboxylic acids is 1. The van der Waals surface area contributed by atoms with Crippen LogP contribution in [0.2, 0.25) is 10.0 Å². The molecule has 3 heterocycles. The number of aryl methyl sites for hydroxylation is 1. The first kappa shape index (κ1) is 28.7.